The van der Waals surface area contributed by atoms with Crippen LogP contribution in [0.5, 0.6) is 0 Å². The SMILES string of the molecule is CN[C@@H]1CCCN(C(=O)[C@H]2C[C@H]2c2ccccc2C)C1. The number of hydrogen-bond donors (Lipinski definition) is 1. The molecule has 1 N–H and O–H groups in total. The van der Waals surface area contributed by atoms with E-state index in [1.165, 1.54) is 17.5 Å². The van der Waals surface area contributed by atoms with Gasteiger partial charge in [0.15, 0.2) is 0 Å². The van der Waals surface area contributed by atoms with Crippen LogP contribution < -0.4 is 5.32 Å². The fraction of sp³-hybridized carbons (Fsp3) is 0.588. The van der Waals surface area contributed by atoms with Crippen LogP contribution in [-0.2, 0) is 4.79 Å². The number of hydrogen-bond acceptors (Lipinski definition) is 2. The number of nitrogens with zero attached hydrogens (tertiary/aromatic N) is 1. The van der Waals surface area contributed by atoms with E-state index in [2.05, 4.69) is 41.4 Å². The highest BCUT2D eigenvalue weighted by Gasteiger charge is 2.46. The van der Waals surface area contributed by atoms with Gasteiger partial charge in [-0.3, -0.25) is 4.79 Å². The lowest BCUT2D eigenvalue weighted by atomic mass is 10.0. The number of rotatable bonds is 3. The van der Waals surface area contributed by atoms with E-state index in [9.17, 15) is 4.79 Å². The number of carbonyl (C=O) groups is 1. The van der Waals surface area contributed by atoms with Gasteiger partial charge in [0.05, 0.1) is 0 Å². The third-order valence-electron chi connectivity index (χ3n) is 4.84. The standard InChI is InChI=1S/C17H24N2O/c1-12-6-3-4-8-14(12)15-10-16(15)17(20)19-9-5-7-13(11-19)18-2/h3-4,6,8,13,15-16,18H,5,7,9-11H2,1-2H3/t13-,15+,16+/m1/s1. The molecule has 2 aliphatic rings. The molecular formula is C17H24N2O. The summed E-state index contributed by atoms with van der Waals surface area (Å²) in [7, 11) is 1.99. The molecular weight excluding hydrogens is 248 g/mol. The van der Waals surface area contributed by atoms with E-state index in [1.54, 1.807) is 0 Å². The van der Waals surface area contributed by atoms with Crippen LogP contribution in [0.25, 0.3) is 0 Å². The van der Waals surface area contributed by atoms with Crippen molar-refractivity contribution in [2.24, 2.45) is 5.92 Å². The van der Waals surface area contributed by atoms with Gasteiger partial charge < -0.3 is 10.2 Å². The second-order valence-electron chi connectivity index (χ2n) is 6.22. The van der Waals surface area contributed by atoms with Crippen LogP contribution in [0.2, 0.25) is 0 Å². The number of likely N-dealkylation sites (N-methyl/N-ethyl adjacent to an activating group) is 1. The Morgan fingerprint density at radius 2 is 2.15 bits per heavy atom. The van der Waals surface area contributed by atoms with Gasteiger partial charge in [0.2, 0.25) is 5.91 Å². The summed E-state index contributed by atoms with van der Waals surface area (Å²) in [5, 5.41) is 3.31. The molecule has 1 amide bonds. The molecule has 1 heterocycles. The summed E-state index contributed by atoms with van der Waals surface area (Å²) in [6, 6.07) is 8.95. The first-order valence-corrected chi connectivity index (χ1v) is 7.72. The number of benzene rings is 1. The molecule has 0 radical (unpaired) electrons. The maximum Gasteiger partial charge on any atom is 0.226 e. The van der Waals surface area contributed by atoms with Crippen molar-refractivity contribution in [2.75, 3.05) is 20.1 Å². The lowest BCUT2D eigenvalue weighted by Crippen LogP contribution is -2.47. The van der Waals surface area contributed by atoms with E-state index in [0.717, 1.165) is 25.9 Å². The van der Waals surface area contributed by atoms with Crippen LogP contribution in [0.15, 0.2) is 24.3 Å². The Hall–Kier alpha value is -1.35. The fourth-order valence-corrected chi connectivity index (χ4v) is 3.46. The summed E-state index contributed by atoms with van der Waals surface area (Å²) in [5.74, 6) is 1.06. The Balaban J connectivity index is 1.64. The highest BCUT2D eigenvalue weighted by atomic mass is 16.2. The van der Waals surface area contributed by atoms with Crippen molar-refractivity contribution < 1.29 is 4.79 Å². The van der Waals surface area contributed by atoms with Gasteiger partial charge in [-0.15, -0.1) is 0 Å². The monoisotopic (exact) mass is 272 g/mol. The van der Waals surface area contributed by atoms with E-state index in [-0.39, 0.29) is 5.92 Å². The molecule has 0 aromatic heterocycles. The van der Waals surface area contributed by atoms with E-state index < -0.39 is 0 Å². The maximum atomic E-state index is 12.6. The predicted octanol–water partition coefficient (Wildman–Crippen LogP) is 2.31. The second kappa shape index (κ2) is 5.57. The molecule has 0 spiro atoms. The second-order valence-corrected chi connectivity index (χ2v) is 6.22. The molecule has 3 heteroatoms. The highest BCUT2D eigenvalue weighted by molar-refractivity contribution is 5.83. The molecule has 1 aromatic rings. The van der Waals surface area contributed by atoms with Crippen LogP contribution in [-0.4, -0.2) is 37.0 Å². The zero-order chi connectivity index (χ0) is 14.1. The van der Waals surface area contributed by atoms with Crippen LogP contribution in [0.4, 0.5) is 0 Å². The summed E-state index contributed by atoms with van der Waals surface area (Å²) in [5.41, 5.74) is 2.69. The molecule has 1 aliphatic carbocycles. The minimum Gasteiger partial charge on any atom is -0.341 e. The summed E-state index contributed by atoms with van der Waals surface area (Å²) in [6.45, 7) is 3.97. The summed E-state index contributed by atoms with van der Waals surface area (Å²) in [6.07, 6.45) is 3.34. The first kappa shape index (κ1) is 13.6. The first-order valence-electron chi connectivity index (χ1n) is 7.72. The van der Waals surface area contributed by atoms with Crippen LogP contribution >= 0.6 is 0 Å². The molecule has 0 unspecified atom stereocenters. The molecule has 0 bridgehead atoms. The fourth-order valence-electron chi connectivity index (χ4n) is 3.46. The number of piperidine rings is 1. The minimum absolute atomic E-state index is 0.228. The Labute approximate surface area is 121 Å². The van der Waals surface area contributed by atoms with Gasteiger partial charge in [0, 0.05) is 25.0 Å². The largest absolute Gasteiger partial charge is 0.341 e. The lowest BCUT2D eigenvalue weighted by molar-refractivity contribution is -0.134. The molecule has 1 saturated carbocycles. The molecule has 3 atom stereocenters. The average Bonchev–Trinajstić information content (AvgIpc) is 3.27. The molecule has 20 heavy (non-hydrogen) atoms. The number of aryl methyl sites for hydroxylation is 1. The van der Waals surface area contributed by atoms with Crippen molar-refractivity contribution in [1.29, 1.82) is 0 Å². The van der Waals surface area contributed by atoms with Gasteiger partial charge in [-0.2, -0.15) is 0 Å². The van der Waals surface area contributed by atoms with Gasteiger partial charge in [0.25, 0.3) is 0 Å². The van der Waals surface area contributed by atoms with Gasteiger partial charge in [-0.05, 0) is 50.3 Å². The molecule has 2 fully saturated rings. The van der Waals surface area contributed by atoms with Crippen molar-refractivity contribution >= 4 is 5.91 Å². The number of carbonyl (C=O) groups excluding carboxylic acids is 1. The maximum absolute atomic E-state index is 12.6. The van der Waals surface area contributed by atoms with Crippen molar-refractivity contribution in [2.45, 2.75) is 38.1 Å². The van der Waals surface area contributed by atoms with Gasteiger partial charge >= 0.3 is 0 Å². The summed E-state index contributed by atoms with van der Waals surface area (Å²) in [4.78, 5) is 14.7. The number of nitrogens with one attached hydrogen (secondary N) is 1. The molecule has 1 aromatic carbocycles. The normalized spacial score (nSPS) is 29.3. The van der Waals surface area contributed by atoms with E-state index in [0.29, 0.717) is 17.9 Å². The zero-order valence-electron chi connectivity index (χ0n) is 12.4. The topological polar surface area (TPSA) is 32.3 Å². The van der Waals surface area contributed by atoms with E-state index >= 15 is 0 Å². The number of likely N-dealkylation sites (tertiary alicyclic amines) is 1. The van der Waals surface area contributed by atoms with E-state index in [1.807, 2.05) is 7.05 Å². The first-order chi connectivity index (χ1) is 9.70. The third kappa shape index (κ3) is 2.59. The van der Waals surface area contributed by atoms with Gasteiger partial charge in [-0.25, -0.2) is 0 Å². The Bertz CT molecular complexity index is 500. The van der Waals surface area contributed by atoms with E-state index in [4.69, 9.17) is 0 Å². The van der Waals surface area contributed by atoms with Gasteiger partial charge in [-0.1, -0.05) is 24.3 Å². The van der Waals surface area contributed by atoms with Crippen molar-refractivity contribution in [3.8, 4) is 0 Å². The molecule has 108 valence electrons. The lowest BCUT2D eigenvalue weighted by Gasteiger charge is -2.32. The molecule has 1 saturated heterocycles. The Kier molecular flexibility index (Phi) is 3.79. The third-order valence-corrected chi connectivity index (χ3v) is 4.84. The smallest absolute Gasteiger partial charge is 0.226 e. The average molecular weight is 272 g/mol. The minimum atomic E-state index is 0.228. The summed E-state index contributed by atoms with van der Waals surface area (Å²) < 4.78 is 0. The quantitative estimate of drug-likeness (QED) is 0.916. The molecule has 1 aliphatic heterocycles. The van der Waals surface area contributed by atoms with Gasteiger partial charge in [0.1, 0.15) is 0 Å². The van der Waals surface area contributed by atoms with Crippen molar-refractivity contribution in [3.63, 3.8) is 0 Å². The van der Waals surface area contributed by atoms with Crippen LogP contribution in [0.1, 0.15) is 36.3 Å². The van der Waals surface area contributed by atoms with Crippen LogP contribution in [0.3, 0.4) is 0 Å². The number of amides is 1. The van der Waals surface area contributed by atoms with Crippen molar-refractivity contribution in [1.82, 2.24) is 10.2 Å². The zero-order valence-corrected chi connectivity index (χ0v) is 12.4. The molecule has 3 rings (SSSR count). The van der Waals surface area contributed by atoms with Crippen molar-refractivity contribution in [3.05, 3.63) is 35.4 Å². The Morgan fingerprint density at radius 1 is 1.35 bits per heavy atom. The Morgan fingerprint density at radius 3 is 2.90 bits per heavy atom. The predicted molar refractivity (Wildman–Crippen MR) is 80.7 cm³/mol. The van der Waals surface area contributed by atoms with Crippen LogP contribution in [0, 0.1) is 12.8 Å². The highest BCUT2D eigenvalue weighted by Crippen LogP contribution is 2.49. The summed E-state index contributed by atoms with van der Waals surface area (Å²) >= 11 is 0. The molecule has 3 nitrogen and oxygen atoms in total.